The van der Waals surface area contributed by atoms with Crippen LogP contribution in [0, 0.1) is 0 Å². The fourth-order valence-corrected chi connectivity index (χ4v) is 2.70. The maximum atomic E-state index is 11.9. The van der Waals surface area contributed by atoms with Gasteiger partial charge in [0.2, 0.25) is 5.91 Å². The SMILES string of the molecule is O=C(CCn1ccccc1=O)NCC(O)c1ccc2ccccc2c1. The van der Waals surface area contributed by atoms with Gasteiger partial charge >= 0.3 is 0 Å². The van der Waals surface area contributed by atoms with Gasteiger partial charge < -0.3 is 15.0 Å². The predicted octanol–water partition coefficient (Wildman–Crippen LogP) is 2.24. The van der Waals surface area contributed by atoms with Crippen molar-refractivity contribution in [3.8, 4) is 0 Å². The zero-order valence-corrected chi connectivity index (χ0v) is 13.8. The van der Waals surface area contributed by atoms with Crippen LogP contribution in [0.2, 0.25) is 0 Å². The molecule has 0 spiro atoms. The number of amides is 1. The first-order valence-corrected chi connectivity index (χ1v) is 8.22. The molecule has 0 aliphatic rings. The van der Waals surface area contributed by atoms with Crippen molar-refractivity contribution >= 4 is 16.7 Å². The van der Waals surface area contributed by atoms with Crippen molar-refractivity contribution in [3.63, 3.8) is 0 Å². The minimum Gasteiger partial charge on any atom is -0.387 e. The van der Waals surface area contributed by atoms with Gasteiger partial charge in [-0.05, 0) is 28.5 Å². The first kappa shape index (κ1) is 16.9. The number of aliphatic hydroxyl groups excluding tert-OH is 1. The average Bonchev–Trinajstić information content (AvgIpc) is 2.65. The van der Waals surface area contributed by atoms with Crippen LogP contribution in [0.1, 0.15) is 18.1 Å². The standard InChI is InChI=1S/C20H20N2O3/c23-18(17-9-8-15-5-1-2-6-16(15)13-17)14-21-19(24)10-12-22-11-4-3-7-20(22)25/h1-9,11,13,18,23H,10,12,14H2,(H,21,24). The van der Waals surface area contributed by atoms with Gasteiger partial charge in [0.15, 0.2) is 0 Å². The first-order chi connectivity index (χ1) is 12.1. The quantitative estimate of drug-likeness (QED) is 0.725. The molecule has 5 nitrogen and oxygen atoms in total. The number of aliphatic hydroxyl groups is 1. The molecule has 1 amide bonds. The number of fused-ring (bicyclic) bond motifs is 1. The summed E-state index contributed by atoms with van der Waals surface area (Å²) in [5.74, 6) is -0.199. The number of hydrogen-bond acceptors (Lipinski definition) is 3. The van der Waals surface area contributed by atoms with E-state index in [1.165, 1.54) is 10.6 Å². The van der Waals surface area contributed by atoms with Gasteiger partial charge in [-0.1, -0.05) is 42.5 Å². The summed E-state index contributed by atoms with van der Waals surface area (Å²) in [6.45, 7) is 0.457. The van der Waals surface area contributed by atoms with Crippen LogP contribution in [0.15, 0.2) is 71.7 Å². The Labute approximate surface area is 145 Å². The molecule has 0 saturated heterocycles. The number of aryl methyl sites for hydroxylation is 1. The van der Waals surface area contributed by atoms with Gasteiger partial charge in [-0.15, -0.1) is 0 Å². The van der Waals surface area contributed by atoms with Crippen LogP contribution in [0.4, 0.5) is 0 Å². The van der Waals surface area contributed by atoms with E-state index < -0.39 is 6.10 Å². The summed E-state index contributed by atoms with van der Waals surface area (Å²) in [4.78, 5) is 23.5. The summed E-state index contributed by atoms with van der Waals surface area (Å²) in [7, 11) is 0. The minimum atomic E-state index is -0.770. The highest BCUT2D eigenvalue weighted by Crippen LogP contribution is 2.20. The van der Waals surface area contributed by atoms with Crippen molar-refractivity contribution < 1.29 is 9.90 Å². The van der Waals surface area contributed by atoms with Gasteiger partial charge in [0, 0.05) is 31.8 Å². The lowest BCUT2D eigenvalue weighted by Crippen LogP contribution is -2.30. The van der Waals surface area contributed by atoms with Crippen molar-refractivity contribution in [2.24, 2.45) is 0 Å². The molecule has 1 atom stereocenters. The fourth-order valence-electron chi connectivity index (χ4n) is 2.70. The normalized spacial score (nSPS) is 12.0. The van der Waals surface area contributed by atoms with E-state index >= 15 is 0 Å². The van der Waals surface area contributed by atoms with Crippen LogP contribution in [-0.4, -0.2) is 22.1 Å². The van der Waals surface area contributed by atoms with E-state index in [0.717, 1.165) is 16.3 Å². The molecule has 0 bridgehead atoms. The van der Waals surface area contributed by atoms with Crippen molar-refractivity contribution in [1.29, 1.82) is 0 Å². The number of benzene rings is 2. The molecule has 0 saturated carbocycles. The van der Waals surface area contributed by atoms with Crippen LogP contribution in [0.3, 0.4) is 0 Å². The van der Waals surface area contributed by atoms with E-state index in [2.05, 4.69) is 5.32 Å². The lowest BCUT2D eigenvalue weighted by molar-refractivity contribution is -0.121. The summed E-state index contributed by atoms with van der Waals surface area (Å²) in [5.41, 5.74) is 0.629. The maximum Gasteiger partial charge on any atom is 0.250 e. The van der Waals surface area contributed by atoms with Gasteiger partial charge in [0.05, 0.1) is 6.10 Å². The smallest absolute Gasteiger partial charge is 0.250 e. The third-order valence-electron chi connectivity index (χ3n) is 4.13. The molecule has 1 aromatic heterocycles. The Morgan fingerprint density at radius 3 is 2.60 bits per heavy atom. The molecule has 1 heterocycles. The highest BCUT2D eigenvalue weighted by atomic mass is 16.3. The zero-order chi connectivity index (χ0) is 17.6. The van der Waals surface area contributed by atoms with Gasteiger partial charge in [-0.25, -0.2) is 0 Å². The lowest BCUT2D eigenvalue weighted by atomic mass is 10.0. The van der Waals surface area contributed by atoms with E-state index in [-0.39, 0.29) is 24.4 Å². The Bertz CT molecular complexity index is 933. The number of nitrogens with zero attached hydrogens (tertiary/aromatic N) is 1. The van der Waals surface area contributed by atoms with Crippen molar-refractivity contribution in [2.45, 2.75) is 19.1 Å². The Hall–Kier alpha value is -2.92. The van der Waals surface area contributed by atoms with Crippen LogP contribution in [0.5, 0.6) is 0 Å². The Kier molecular flexibility index (Phi) is 5.26. The van der Waals surface area contributed by atoms with E-state index in [1.54, 1.807) is 18.3 Å². The predicted molar refractivity (Wildman–Crippen MR) is 97.2 cm³/mol. The molecule has 3 rings (SSSR count). The van der Waals surface area contributed by atoms with E-state index in [1.807, 2.05) is 42.5 Å². The lowest BCUT2D eigenvalue weighted by Gasteiger charge is -2.13. The number of rotatable bonds is 6. The molecule has 0 radical (unpaired) electrons. The van der Waals surface area contributed by atoms with Crippen LogP contribution in [-0.2, 0) is 11.3 Å². The highest BCUT2D eigenvalue weighted by molar-refractivity contribution is 5.83. The summed E-state index contributed by atoms with van der Waals surface area (Å²) < 4.78 is 1.49. The number of nitrogens with one attached hydrogen (secondary N) is 1. The molecule has 0 aliphatic heterocycles. The van der Waals surface area contributed by atoms with Crippen LogP contribution in [0.25, 0.3) is 10.8 Å². The Morgan fingerprint density at radius 1 is 1.04 bits per heavy atom. The molecular formula is C20H20N2O3. The molecule has 0 aliphatic carbocycles. The second kappa shape index (κ2) is 7.77. The molecule has 5 heteroatoms. The molecule has 2 aromatic carbocycles. The zero-order valence-electron chi connectivity index (χ0n) is 13.8. The Morgan fingerprint density at radius 2 is 1.80 bits per heavy atom. The third kappa shape index (κ3) is 4.33. The monoisotopic (exact) mass is 336 g/mol. The third-order valence-corrected chi connectivity index (χ3v) is 4.13. The molecule has 25 heavy (non-hydrogen) atoms. The van der Waals surface area contributed by atoms with E-state index in [4.69, 9.17) is 0 Å². The van der Waals surface area contributed by atoms with Gasteiger partial charge in [0.25, 0.3) is 5.56 Å². The van der Waals surface area contributed by atoms with E-state index in [0.29, 0.717) is 6.54 Å². The molecule has 3 aromatic rings. The number of pyridine rings is 1. The minimum absolute atomic E-state index is 0.133. The van der Waals surface area contributed by atoms with Gasteiger partial charge in [0.1, 0.15) is 0 Å². The number of carbonyl (C=O) groups excluding carboxylic acids is 1. The molecular weight excluding hydrogens is 316 g/mol. The summed E-state index contributed by atoms with van der Waals surface area (Å²) in [6, 6.07) is 18.5. The second-order valence-corrected chi connectivity index (χ2v) is 5.91. The molecule has 0 fully saturated rings. The Balaban J connectivity index is 1.54. The van der Waals surface area contributed by atoms with Crippen molar-refractivity contribution in [3.05, 3.63) is 82.8 Å². The number of aromatic nitrogens is 1. The molecule has 2 N–H and O–H groups in total. The van der Waals surface area contributed by atoms with Crippen molar-refractivity contribution in [1.82, 2.24) is 9.88 Å². The van der Waals surface area contributed by atoms with Crippen molar-refractivity contribution in [2.75, 3.05) is 6.54 Å². The summed E-state index contributed by atoms with van der Waals surface area (Å²) >= 11 is 0. The number of carbonyl (C=O) groups is 1. The van der Waals surface area contributed by atoms with Crippen LogP contribution < -0.4 is 10.9 Å². The largest absolute Gasteiger partial charge is 0.387 e. The summed E-state index contributed by atoms with van der Waals surface area (Å²) in [5, 5.41) is 15.2. The maximum absolute atomic E-state index is 11.9. The summed E-state index contributed by atoms with van der Waals surface area (Å²) in [6.07, 6.45) is 1.07. The molecule has 128 valence electrons. The highest BCUT2D eigenvalue weighted by Gasteiger charge is 2.10. The van der Waals surface area contributed by atoms with E-state index in [9.17, 15) is 14.7 Å². The first-order valence-electron chi connectivity index (χ1n) is 8.22. The van der Waals surface area contributed by atoms with Gasteiger partial charge in [-0.2, -0.15) is 0 Å². The molecule has 1 unspecified atom stereocenters. The average molecular weight is 336 g/mol. The topological polar surface area (TPSA) is 71.3 Å². The van der Waals surface area contributed by atoms with Crippen LogP contribution >= 0.6 is 0 Å². The van der Waals surface area contributed by atoms with Gasteiger partial charge in [-0.3, -0.25) is 9.59 Å². The number of hydrogen-bond donors (Lipinski definition) is 2. The second-order valence-electron chi connectivity index (χ2n) is 5.91. The fraction of sp³-hybridized carbons (Fsp3) is 0.200.